The summed E-state index contributed by atoms with van der Waals surface area (Å²) in [7, 11) is 0. The van der Waals surface area contributed by atoms with Gasteiger partial charge in [0.1, 0.15) is 0 Å². The number of hydrogen-bond acceptors (Lipinski definition) is 2. The van der Waals surface area contributed by atoms with E-state index in [1.807, 2.05) is 6.92 Å². The van der Waals surface area contributed by atoms with Gasteiger partial charge in [0.2, 0.25) is 0 Å². The molecule has 1 heterocycles. The molecule has 1 fully saturated rings. The second kappa shape index (κ2) is 2.11. The zero-order chi connectivity index (χ0) is 5.98. The van der Waals surface area contributed by atoms with E-state index in [-0.39, 0.29) is 0 Å². The molecular weight excluding hydrogens is 104 g/mol. The summed E-state index contributed by atoms with van der Waals surface area (Å²) in [6.07, 6.45) is 2.23. The maximum absolute atomic E-state index is 9.89. The first-order chi connectivity index (χ1) is 3.84. The minimum absolute atomic E-state index is 0.382. The number of rotatable bonds is 1. The minimum atomic E-state index is 0.382. The highest BCUT2D eigenvalue weighted by molar-refractivity contribution is 4.70. The Hall–Kier alpha value is -0.600. The van der Waals surface area contributed by atoms with Crippen LogP contribution in [-0.4, -0.2) is 17.6 Å². The second-order valence-electron chi connectivity index (χ2n) is 2.24. The number of nitroso groups, excluding NO2 is 1. The Morgan fingerprint density at radius 2 is 2.50 bits per heavy atom. The molecule has 0 spiro atoms. The average Bonchev–Trinajstić information content (AvgIpc) is 2.14. The Bertz CT molecular complexity index is 94.4. The summed E-state index contributed by atoms with van der Waals surface area (Å²) >= 11 is 0. The summed E-state index contributed by atoms with van der Waals surface area (Å²) in [5, 5.41) is 4.45. The van der Waals surface area contributed by atoms with Gasteiger partial charge in [-0.25, -0.2) is 0 Å². The standard InChI is InChI=1S/C5H10N2O/c1-5-3-2-4-7(5)6-8/h5H,2-4H2,1H3. The molecule has 0 saturated carbocycles. The Balaban J connectivity index is 2.41. The van der Waals surface area contributed by atoms with Gasteiger partial charge < -0.3 is 0 Å². The van der Waals surface area contributed by atoms with E-state index in [1.165, 1.54) is 0 Å². The van der Waals surface area contributed by atoms with E-state index in [0.29, 0.717) is 6.04 Å². The third-order valence-electron chi connectivity index (χ3n) is 1.62. The van der Waals surface area contributed by atoms with E-state index in [9.17, 15) is 4.91 Å². The van der Waals surface area contributed by atoms with E-state index in [4.69, 9.17) is 0 Å². The highest BCUT2D eigenvalue weighted by Gasteiger charge is 2.18. The highest BCUT2D eigenvalue weighted by Crippen LogP contribution is 2.15. The lowest BCUT2D eigenvalue weighted by molar-refractivity contribution is 0.279. The summed E-state index contributed by atoms with van der Waals surface area (Å²) < 4.78 is 0. The molecule has 1 atom stereocenters. The quantitative estimate of drug-likeness (QED) is 0.479. The first kappa shape index (κ1) is 5.54. The third-order valence-corrected chi connectivity index (χ3v) is 1.62. The van der Waals surface area contributed by atoms with Crippen LogP contribution in [0, 0.1) is 4.91 Å². The van der Waals surface area contributed by atoms with Crippen molar-refractivity contribution in [3.8, 4) is 0 Å². The van der Waals surface area contributed by atoms with Gasteiger partial charge in [0.25, 0.3) is 0 Å². The van der Waals surface area contributed by atoms with Gasteiger partial charge in [0.15, 0.2) is 0 Å². The molecule has 3 heteroatoms. The van der Waals surface area contributed by atoms with Crippen LogP contribution < -0.4 is 0 Å². The monoisotopic (exact) mass is 114 g/mol. The third kappa shape index (κ3) is 0.804. The summed E-state index contributed by atoms with van der Waals surface area (Å²) in [6, 6.07) is 0.382. The molecule has 0 aromatic carbocycles. The predicted octanol–water partition coefficient (Wildman–Crippen LogP) is 1.15. The molecule has 0 amide bonds. The van der Waals surface area contributed by atoms with Gasteiger partial charge >= 0.3 is 0 Å². The van der Waals surface area contributed by atoms with E-state index < -0.39 is 0 Å². The summed E-state index contributed by atoms with van der Waals surface area (Å²) in [4.78, 5) is 9.89. The van der Waals surface area contributed by atoms with Crippen LogP contribution in [0.3, 0.4) is 0 Å². The molecule has 0 aliphatic carbocycles. The highest BCUT2D eigenvalue weighted by atomic mass is 16.3. The van der Waals surface area contributed by atoms with Crippen molar-refractivity contribution in [2.75, 3.05) is 6.54 Å². The molecular formula is C5H10N2O. The first-order valence-corrected chi connectivity index (χ1v) is 2.94. The van der Waals surface area contributed by atoms with Gasteiger partial charge in [-0.3, -0.25) is 5.01 Å². The van der Waals surface area contributed by atoms with Crippen LogP contribution in [-0.2, 0) is 0 Å². The van der Waals surface area contributed by atoms with Gasteiger partial charge in [-0.2, -0.15) is 0 Å². The maximum Gasteiger partial charge on any atom is 0.0526 e. The minimum Gasteiger partial charge on any atom is -0.258 e. The normalized spacial score (nSPS) is 28.6. The Labute approximate surface area is 48.6 Å². The van der Waals surface area contributed by atoms with Crippen LogP contribution in [0.15, 0.2) is 5.29 Å². The predicted molar refractivity (Wildman–Crippen MR) is 31.2 cm³/mol. The lowest BCUT2D eigenvalue weighted by Crippen LogP contribution is -2.19. The van der Waals surface area contributed by atoms with E-state index >= 15 is 0 Å². The fourth-order valence-electron chi connectivity index (χ4n) is 1.04. The molecule has 0 N–H and O–H groups in total. The average molecular weight is 114 g/mol. The van der Waals surface area contributed by atoms with E-state index in [0.717, 1.165) is 19.4 Å². The second-order valence-corrected chi connectivity index (χ2v) is 2.24. The lowest BCUT2D eigenvalue weighted by atomic mass is 10.3. The largest absolute Gasteiger partial charge is 0.258 e. The molecule has 3 nitrogen and oxygen atoms in total. The van der Waals surface area contributed by atoms with Gasteiger partial charge in [-0.1, -0.05) is 0 Å². The van der Waals surface area contributed by atoms with Gasteiger partial charge in [0.05, 0.1) is 5.29 Å². The molecule has 1 saturated heterocycles. The van der Waals surface area contributed by atoms with E-state index in [1.54, 1.807) is 5.01 Å². The van der Waals surface area contributed by atoms with Crippen LogP contribution in [0.1, 0.15) is 19.8 Å². The molecule has 0 bridgehead atoms. The smallest absolute Gasteiger partial charge is 0.0526 e. The zero-order valence-electron chi connectivity index (χ0n) is 5.00. The van der Waals surface area contributed by atoms with Gasteiger partial charge in [0, 0.05) is 12.6 Å². The van der Waals surface area contributed by atoms with Crippen LogP contribution in [0.4, 0.5) is 0 Å². The van der Waals surface area contributed by atoms with Crippen LogP contribution >= 0.6 is 0 Å². The van der Waals surface area contributed by atoms with Crippen molar-refractivity contribution >= 4 is 0 Å². The SMILES string of the molecule is CC1CCCN1N=O. The molecule has 0 aromatic rings. The van der Waals surface area contributed by atoms with E-state index in [2.05, 4.69) is 5.29 Å². The Morgan fingerprint density at radius 3 is 2.75 bits per heavy atom. The fraction of sp³-hybridized carbons (Fsp3) is 1.00. The molecule has 0 radical (unpaired) electrons. The molecule has 1 aliphatic heterocycles. The number of hydrogen-bond donors (Lipinski definition) is 0. The molecule has 1 aliphatic rings. The van der Waals surface area contributed by atoms with Crippen molar-refractivity contribution in [2.24, 2.45) is 5.29 Å². The first-order valence-electron chi connectivity index (χ1n) is 2.94. The summed E-state index contributed by atoms with van der Waals surface area (Å²) in [5.41, 5.74) is 0. The van der Waals surface area contributed by atoms with Crippen molar-refractivity contribution in [1.29, 1.82) is 0 Å². The number of nitrogens with zero attached hydrogens (tertiary/aromatic N) is 2. The fourth-order valence-corrected chi connectivity index (χ4v) is 1.04. The van der Waals surface area contributed by atoms with Crippen molar-refractivity contribution in [1.82, 2.24) is 5.01 Å². The van der Waals surface area contributed by atoms with Crippen LogP contribution in [0.2, 0.25) is 0 Å². The molecule has 46 valence electrons. The van der Waals surface area contributed by atoms with Crippen molar-refractivity contribution in [3.05, 3.63) is 4.91 Å². The summed E-state index contributed by atoms with van der Waals surface area (Å²) in [5.74, 6) is 0. The van der Waals surface area contributed by atoms with Crippen molar-refractivity contribution in [3.63, 3.8) is 0 Å². The lowest BCUT2D eigenvalue weighted by Gasteiger charge is -2.10. The van der Waals surface area contributed by atoms with Crippen LogP contribution in [0.25, 0.3) is 0 Å². The van der Waals surface area contributed by atoms with Crippen LogP contribution in [0.5, 0.6) is 0 Å². The molecule has 1 unspecified atom stereocenters. The van der Waals surface area contributed by atoms with Crippen molar-refractivity contribution in [2.45, 2.75) is 25.8 Å². The molecule has 8 heavy (non-hydrogen) atoms. The maximum atomic E-state index is 9.89. The van der Waals surface area contributed by atoms with Gasteiger partial charge in [-0.05, 0) is 19.8 Å². The Kier molecular flexibility index (Phi) is 1.46. The van der Waals surface area contributed by atoms with Crippen molar-refractivity contribution < 1.29 is 0 Å². The zero-order valence-corrected chi connectivity index (χ0v) is 5.00. The summed E-state index contributed by atoms with van der Waals surface area (Å²) in [6.45, 7) is 2.87. The topological polar surface area (TPSA) is 32.7 Å². The van der Waals surface area contributed by atoms with Gasteiger partial charge in [-0.15, -0.1) is 4.91 Å². The molecule has 0 aromatic heterocycles. The Morgan fingerprint density at radius 1 is 1.75 bits per heavy atom. The molecule has 1 rings (SSSR count).